The van der Waals surface area contributed by atoms with Gasteiger partial charge >= 0.3 is 5.97 Å². The highest BCUT2D eigenvalue weighted by Crippen LogP contribution is 2.38. The first-order valence-electron chi connectivity index (χ1n) is 9.40. The summed E-state index contributed by atoms with van der Waals surface area (Å²) < 4.78 is 5.44. The number of hydrogen-bond donors (Lipinski definition) is 2. The Morgan fingerprint density at radius 3 is 2.57 bits per heavy atom. The number of aryl methyl sites for hydroxylation is 1. The van der Waals surface area contributed by atoms with Gasteiger partial charge in [-0.3, -0.25) is 9.59 Å². The molecule has 2 N–H and O–H groups in total. The van der Waals surface area contributed by atoms with Gasteiger partial charge in [0.25, 0.3) is 5.91 Å². The third-order valence-corrected chi connectivity index (χ3v) is 5.83. The van der Waals surface area contributed by atoms with Gasteiger partial charge in [0.15, 0.2) is 6.10 Å². The van der Waals surface area contributed by atoms with E-state index in [1.807, 2.05) is 30.3 Å². The predicted octanol–water partition coefficient (Wildman–Crippen LogP) is 3.45. The van der Waals surface area contributed by atoms with E-state index >= 15 is 0 Å². The predicted molar refractivity (Wildman–Crippen MR) is 108 cm³/mol. The number of benzene rings is 1. The Hall–Kier alpha value is -2.67. The molecule has 1 unspecified atom stereocenters. The molecule has 2 aromatic rings. The molecule has 148 valence electrons. The summed E-state index contributed by atoms with van der Waals surface area (Å²) >= 11 is 1.43. The normalized spacial score (nSPS) is 13.9. The number of amides is 2. The number of esters is 1. The number of anilines is 1. The van der Waals surface area contributed by atoms with Gasteiger partial charge in [-0.15, -0.1) is 11.3 Å². The number of hydrogen-bond acceptors (Lipinski definition) is 5. The fraction of sp³-hybridized carbons (Fsp3) is 0.381. The number of nitrogens with one attached hydrogen (secondary N) is 2. The van der Waals surface area contributed by atoms with E-state index in [1.165, 1.54) is 18.3 Å². The van der Waals surface area contributed by atoms with Crippen LogP contribution in [0.1, 0.15) is 53.1 Å². The lowest BCUT2D eigenvalue weighted by Crippen LogP contribution is -2.35. The van der Waals surface area contributed by atoms with Crippen LogP contribution in [-0.4, -0.2) is 23.9 Å². The molecular formula is C21H24N2O4S. The second kappa shape index (κ2) is 9.01. The van der Waals surface area contributed by atoms with Gasteiger partial charge in [-0.05, 0) is 43.7 Å². The minimum atomic E-state index is -0.930. The molecule has 1 heterocycles. The summed E-state index contributed by atoms with van der Waals surface area (Å²) in [5, 5.41) is 6.03. The Labute approximate surface area is 168 Å². The third kappa shape index (κ3) is 4.78. The summed E-state index contributed by atoms with van der Waals surface area (Å²) in [7, 11) is 0. The van der Waals surface area contributed by atoms with E-state index in [4.69, 9.17) is 4.74 Å². The van der Waals surface area contributed by atoms with Gasteiger partial charge < -0.3 is 15.4 Å². The minimum Gasteiger partial charge on any atom is -0.449 e. The highest BCUT2D eigenvalue weighted by Gasteiger charge is 2.29. The van der Waals surface area contributed by atoms with E-state index in [2.05, 4.69) is 10.6 Å². The topological polar surface area (TPSA) is 84.5 Å². The van der Waals surface area contributed by atoms with Crippen LogP contribution < -0.4 is 10.6 Å². The standard InChI is InChI=1S/C21H24N2O4S/c1-13(19(25)22-12-15-8-4-3-5-9-15)27-21(26)18-16-10-6-7-11-17(16)28-20(18)23-14(2)24/h3-5,8-9,13H,6-7,10-12H2,1-2H3,(H,22,25)(H,23,24). The zero-order chi connectivity index (χ0) is 20.1. The van der Waals surface area contributed by atoms with Crippen LogP contribution in [0, 0.1) is 0 Å². The second-order valence-corrected chi connectivity index (χ2v) is 7.95. The number of thiophene rings is 1. The third-order valence-electron chi connectivity index (χ3n) is 4.63. The number of fused-ring (bicyclic) bond motifs is 1. The quantitative estimate of drug-likeness (QED) is 0.728. The van der Waals surface area contributed by atoms with E-state index in [9.17, 15) is 14.4 Å². The monoisotopic (exact) mass is 400 g/mol. The van der Waals surface area contributed by atoms with Gasteiger partial charge in [0, 0.05) is 18.3 Å². The van der Waals surface area contributed by atoms with Crippen molar-refractivity contribution in [3.05, 3.63) is 51.9 Å². The van der Waals surface area contributed by atoms with Crippen molar-refractivity contribution in [1.82, 2.24) is 5.32 Å². The maximum Gasteiger partial charge on any atom is 0.342 e. The molecule has 6 nitrogen and oxygen atoms in total. The molecule has 0 radical (unpaired) electrons. The van der Waals surface area contributed by atoms with Gasteiger partial charge in [-0.1, -0.05) is 30.3 Å². The number of carbonyl (C=O) groups excluding carboxylic acids is 3. The van der Waals surface area contributed by atoms with Crippen LogP contribution in [0.25, 0.3) is 0 Å². The summed E-state index contributed by atoms with van der Waals surface area (Å²) in [6.07, 6.45) is 2.81. The van der Waals surface area contributed by atoms with Crippen molar-refractivity contribution in [1.29, 1.82) is 0 Å². The zero-order valence-corrected chi connectivity index (χ0v) is 16.9. The van der Waals surface area contributed by atoms with E-state index < -0.39 is 12.1 Å². The first-order chi connectivity index (χ1) is 13.5. The molecule has 1 atom stereocenters. The molecular weight excluding hydrogens is 376 g/mol. The molecule has 1 aromatic carbocycles. The molecule has 0 bridgehead atoms. The second-order valence-electron chi connectivity index (χ2n) is 6.85. The molecule has 7 heteroatoms. The van der Waals surface area contributed by atoms with Gasteiger partial charge in [0.05, 0.1) is 5.56 Å². The lowest BCUT2D eigenvalue weighted by atomic mass is 9.95. The number of ether oxygens (including phenoxy) is 1. The van der Waals surface area contributed by atoms with Crippen molar-refractivity contribution < 1.29 is 19.1 Å². The molecule has 1 aromatic heterocycles. The van der Waals surface area contributed by atoms with Gasteiger partial charge in [-0.25, -0.2) is 4.79 Å². The summed E-state index contributed by atoms with van der Waals surface area (Å²) in [5.41, 5.74) is 2.31. The van der Waals surface area contributed by atoms with Gasteiger partial charge in [-0.2, -0.15) is 0 Å². The van der Waals surface area contributed by atoms with Crippen molar-refractivity contribution in [2.75, 3.05) is 5.32 Å². The van der Waals surface area contributed by atoms with E-state index in [-0.39, 0.29) is 11.8 Å². The Bertz CT molecular complexity index is 876. The number of rotatable bonds is 6. The Balaban J connectivity index is 1.68. The van der Waals surface area contributed by atoms with Gasteiger partial charge in [0.2, 0.25) is 5.91 Å². The van der Waals surface area contributed by atoms with E-state index in [1.54, 1.807) is 6.92 Å². The molecule has 2 amide bonds. The van der Waals surface area contributed by atoms with Crippen LogP contribution in [0.5, 0.6) is 0 Å². The summed E-state index contributed by atoms with van der Waals surface area (Å²) in [4.78, 5) is 37.8. The molecule has 3 rings (SSSR count). The minimum absolute atomic E-state index is 0.235. The fourth-order valence-electron chi connectivity index (χ4n) is 3.23. The maximum absolute atomic E-state index is 12.8. The van der Waals surface area contributed by atoms with Crippen LogP contribution in [0.2, 0.25) is 0 Å². The van der Waals surface area contributed by atoms with Gasteiger partial charge in [0.1, 0.15) is 5.00 Å². The maximum atomic E-state index is 12.8. The molecule has 1 aliphatic carbocycles. The Kier molecular flexibility index (Phi) is 6.46. The van der Waals surface area contributed by atoms with E-state index in [0.717, 1.165) is 41.7 Å². The summed E-state index contributed by atoms with van der Waals surface area (Å²) in [6.45, 7) is 3.33. The van der Waals surface area contributed by atoms with E-state index in [0.29, 0.717) is 17.1 Å². The average molecular weight is 401 g/mol. The molecule has 0 saturated heterocycles. The van der Waals surface area contributed by atoms with Crippen LogP contribution in [0.15, 0.2) is 30.3 Å². The Morgan fingerprint density at radius 2 is 1.86 bits per heavy atom. The van der Waals surface area contributed by atoms with Crippen LogP contribution >= 0.6 is 11.3 Å². The lowest BCUT2D eigenvalue weighted by Gasteiger charge is -2.16. The summed E-state index contributed by atoms with van der Waals surface area (Å²) in [5.74, 6) is -1.16. The fourth-order valence-corrected chi connectivity index (χ4v) is 4.56. The highest BCUT2D eigenvalue weighted by molar-refractivity contribution is 7.17. The molecule has 0 saturated carbocycles. The SMILES string of the molecule is CC(=O)Nc1sc2c(c1C(=O)OC(C)C(=O)NCc1ccccc1)CCCC2. The molecule has 1 aliphatic rings. The first-order valence-corrected chi connectivity index (χ1v) is 10.2. The zero-order valence-electron chi connectivity index (χ0n) is 16.0. The Morgan fingerprint density at radius 1 is 1.14 bits per heavy atom. The smallest absolute Gasteiger partial charge is 0.342 e. The lowest BCUT2D eigenvalue weighted by molar-refractivity contribution is -0.129. The van der Waals surface area contributed by atoms with Crippen LogP contribution in [0.4, 0.5) is 5.00 Å². The van der Waals surface area contributed by atoms with Crippen molar-refractivity contribution >= 4 is 34.1 Å². The summed E-state index contributed by atoms with van der Waals surface area (Å²) in [6, 6.07) is 9.52. The molecule has 28 heavy (non-hydrogen) atoms. The highest BCUT2D eigenvalue weighted by atomic mass is 32.1. The van der Waals surface area contributed by atoms with Crippen LogP contribution in [-0.2, 0) is 33.7 Å². The molecule has 0 spiro atoms. The number of carbonyl (C=O) groups is 3. The van der Waals surface area contributed by atoms with Crippen molar-refractivity contribution in [3.63, 3.8) is 0 Å². The van der Waals surface area contributed by atoms with Crippen molar-refractivity contribution in [2.45, 2.75) is 52.2 Å². The largest absolute Gasteiger partial charge is 0.449 e. The first kappa shape index (κ1) is 20.1. The van der Waals surface area contributed by atoms with Crippen molar-refractivity contribution in [2.24, 2.45) is 0 Å². The molecule has 0 fully saturated rings. The van der Waals surface area contributed by atoms with Crippen molar-refractivity contribution in [3.8, 4) is 0 Å². The average Bonchev–Trinajstić information content (AvgIpc) is 3.03. The van der Waals surface area contributed by atoms with Crippen LogP contribution in [0.3, 0.4) is 0 Å². The molecule has 0 aliphatic heterocycles.